The van der Waals surface area contributed by atoms with Crippen molar-refractivity contribution in [1.82, 2.24) is 10.6 Å². The van der Waals surface area contributed by atoms with Gasteiger partial charge in [-0.2, -0.15) is 0 Å². The zero-order valence-corrected chi connectivity index (χ0v) is 14.0. The number of nitrogens with zero attached hydrogens (tertiary/aromatic N) is 1. The molecule has 2 heterocycles. The zero-order valence-electron chi connectivity index (χ0n) is 14.0. The Morgan fingerprint density at radius 3 is 2.96 bits per heavy atom. The molecule has 4 nitrogen and oxygen atoms in total. The predicted octanol–water partition coefficient (Wildman–Crippen LogP) is 2.34. The van der Waals surface area contributed by atoms with Gasteiger partial charge in [0.1, 0.15) is 0 Å². The minimum Gasteiger partial charge on any atom is -0.371 e. The first-order valence-corrected chi connectivity index (χ1v) is 9.13. The normalized spacial score (nSPS) is 18.0. The van der Waals surface area contributed by atoms with Gasteiger partial charge in [0.25, 0.3) is 0 Å². The van der Waals surface area contributed by atoms with Crippen LogP contribution in [0.4, 0.5) is 5.69 Å². The maximum absolute atomic E-state index is 11.9. The third kappa shape index (κ3) is 4.71. The molecule has 0 spiro atoms. The van der Waals surface area contributed by atoms with Crippen molar-refractivity contribution in [1.29, 1.82) is 0 Å². The van der Waals surface area contributed by atoms with E-state index in [2.05, 4.69) is 39.8 Å². The van der Waals surface area contributed by atoms with Crippen LogP contribution in [0, 0.1) is 5.92 Å². The highest BCUT2D eigenvalue weighted by Gasteiger charge is 2.17. The van der Waals surface area contributed by atoms with Gasteiger partial charge in [-0.1, -0.05) is 18.2 Å². The number of piperidine rings is 1. The van der Waals surface area contributed by atoms with Crippen molar-refractivity contribution in [2.75, 3.05) is 37.6 Å². The number of carbonyl (C=O) groups is 1. The quantitative estimate of drug-likeness (QED) is 0.759. The molecule has 0 bridgehead atoms. The van der Waals surface area contributed by atoms with E-state index < -0.39 is 0 Å². The summed E-state index contributed by atoms with van der Waals surface area (Å²) in [5.74, 6) is 0.966. The Hall–Kier alpha value is -1.55. The smallest absolute Gasteiger partial charge is 0.220 e. The van der Waals surface area contributed by atoms with Gasteiger partial charge in [-0.05, 0) is 62.7 Å². The van der Waals surface area contributed by atoms with Crippen LogP contribution in [0.3, 0.4) is 0 Å². The van der Waals surface area contributed by atoms with Crippen molar-refractivity contribution in [3.63, 3.8) is 0 Å². The fourth-order valence-electron chi connectivity index (χ4n) is 3.73. The van der Waals surface area contributed by atoms with E-state index in [-0.39, 0.29) is 5.91 Å². The summed E-state index contributed by atoms with van der Waals surface area (Å²) in [5.41, 5.74) is 2.84. The van der Waals surface area contributed by atoms with Crippen molar-refractivity contribution in [2.45, 2.75) is 38.5 Å². The number of amides is 1. The Kier molecular flexibility index (Phi) is 5.92. The van der Waals surface area contributed by atoms with E-state index in [4.69, 9.17) is 0 Å². The minimum atomic E-state index is 0.227. The molecule has 0 aromatic heterocycles. The number of para-hydroxylation sites is 1. The molecule has 1 fully saturated rings. The van der Waals surface area contributed by atoms with Gasteiger partial charge in [0.05, 0.1) is 0 Å². The van der Waals surface area contributed by atoms with Crippen molar-refractivity contribution >= 4 is 11.6 Å². The van der Waals surface area contributed by atoms with Gasteiger partial charge in [0.2, 0.25) is 5.91 Å². The van der Waals surface area contributed by atoms with Crippen LogP contribution in [0.5, 0.6) is 0 Å². The Labute approximate surface area is 139 Å². The highest BCUT2D eigenvalue weighted by atomic mass is 16.1. The topological polar surface area (TPSA) is 44.4 Å². The minimum absolute atomic E-state index is 0.227. The van der Waals surface area contributed by atoms with Crippen molar-refractivity contribution in [2.24, 2.45) is 5.92 Å². The molecule has 0 saturated carbocycles. The van der Waals surface area contributed by atoms with Crippen LogP contribution in [-0.4, -0.2) is 38.6 Å². The lowest BCUT2D eigenvalue weighted by Crippen LogP contribution is -2.31. The van der Waals surface area contributed by atoms with E-state index in [1.165, 1.54) is 24.1 Å². The molecule has 2 aliphatic heterocycles. The zero-order chi connectivity index (χ0) is 15.9. The number of benzene rings is 1. The number of carbonyl (C=O) groups excluding carboxylic acids is 1. The number of fused-ring (bicyclic) bond motifs is 1. The summed E-state index contributed by atoms with van der Waals surface area (Å²) >= 11 is 0. The van der Waals surface area contributed by atoms with Gasteiger partial charge in [-0.25, -0.2) is 0 Å². The summed E-state index contributed by atoms with van der Waals surface area (Å²) in [5, 5.41) is 6.46. The molecule has 1 aromatic carbocycles. The molecule has 0 atom stereocenters. The lowest BCUT2D eigenvalue weighted by molar-refractivity contribution is -0.121. The number of hydrogen-bond donors (Lipinski definition) is 2. The van der Waals surface area contributed by atoms with Gasteiger partial charge in [0, 0.05) is 31.7 Å². The summed E-state index contributed by atoms with van der Waals surface area (Å²) in [4.78, 5) is 14.4. The Balaban J connectivity index is 1.29. The maximum atomic E-state index is 11.9. The van der Waals surface area contributed by atoms with Gasteiger partial charge < -0.3 is 15.5 Å². The van der Waals surface area contributed by atoms with E-state index in [9.17, 15) is 4.79 Å². The maximum Gasteiger partial charge on any atom is 0.220 e. The Morgan fingerprint density at radius 1 is 1.26 bits per heavy atom. The van der Waals surface area contributed by atoms with E-state index in [1.807, 2.05) is 0 Å². The SMILES string of the molecule is O=C(CCC1CCNCC1)NCCCN1CCc2ccccc21. The summed E-state index contributed by atoms with van der Waals surface area (Å²) < 4.78 is 0. The summed E-state index contributed by atoms with van der Waals surface area (Å²) in [6, 6.07) is 8.66. The van der Waals surface area contributed by atoms with Gasteiger partial charge in [0.15, 0.2) is 0 Å². The van der Waals surface area contributed by atoms with Crippen LogP contribution >= 0.6 is 0 Å². The highest BCUT2D eigenvalue weighted by molar-refractivity contribution is 5.75. The van der Waals surface area contributed by atoms with Gasteiger partial charge >= 0.3 is 0 Å². The molecule has 23 heavy (non-hydrogen) atoms. The molecule has 0 aliphatic carbocycles. The van der Waals surface area contributed by atoms with E-state index in [0.29, 0.717) is 6.42 Å². The highest BCUT2D eigenvalue weighted by Crippen LogP contribution is 2.27. The number of hydrogen-bond acceptors (Lipinski definition) is 3. The fourth-order valence-corrected chi connectivity index (χ4v) is 3.73. The van der Waals surface area contributed by atoms with Crippen LogP contribution in [-0.2, 0) is 11.2 Å². The molecular formula is C19H29N3O. The molecule has 3 rings (SSSR count). The van der Waals surface area contributed by atoms with Crippen molar-refractivity contribution in [3.8, 4) is 0 Å². The predicted molar refractivity (Wildman–Crippen MR) is 94.8 cm³/mol. The molecule has 2 N–H and O–H groups in total. The number of nitrogens with one attached hydrogen (secondary N) is 2. The van der Waals surface area contributed by atoms with E-state index >= 15 is 0 Å². The molecule has 1 amide bonds. The van der Waals surface area contributed by atoms with Crippen LogP contribution in [0.25, 0.3) is 0 Å². The second-order valence-electron chi connectivity index (χ2n) is 6.80. The molecular weight excluding hydrogens is 286 g/mol. The molecule has 1 aromatic rings. The molecule has 2 aliphatic rings. The first-order valence-electron chi connectivity index (χ1n) is 9.13. The van der Waals surface area contributed by atoms with Crippen LogP contribution in [0.15, 0.2) is 24.3 Å². The average Bonchev–Trinajstić information content (AvgIpc) is 3.01. The summed E-state index contributed by atoms with van der Waals surface area (Å²) in [6.07, 6.45) is 6.36. The van der Waals surface area contributed by atoms with Gasteiger partial charge in [-0.3, -0.25) is 4.79 Å². The van der Waals surface area contributed by atoms with E-state index in [1.54, 1.807) is 0 Å². The standard InChI is InChI=1S/C19H29N3O/c23-19(7-6-16-8-12-20-13-9-16)21-11-3-14-22-15-10-17-4-1-2-5-18(17)22/h1-2,4-5,16,20H,3,6-15H2,(H,21,23). The van der Waals surface area contributed by atoms with Gasteiger partial charge in [-0.15, -0.1) is 0 Å². The average molecular weight is 315 g/mol. The number of rotatable bonds is 7. The third-order valence-electron chi connectivity index (χ3n) is 5.15. The second-order valence-corrected chi connectivity index (χ2v) is 6.80. The summed E-state index contributed by atoms with van der Waals surface area (Å²) in [6.45, 7) is 5.17. The second kappa shape index (κ2) is 8.34. The first-order chi connectivity index (χ1) is 11.3. The summed E-state index contributed by atoms with van der Waals surface area (Å²) in [7, 11) is 0. The molecule has 1 saturated heterocycles. The Bertz CT molecular complexity index is 511. The van der Waals surface area contributed by atoms with E-state index in [0.717, 1.165) is 57.9 Å². The Morgan fingerprint density at radius 2 is 2.09 bits per heavy atom. The lowest BCUT2D eigenvalue weighted by atomic mass is 9.93. The van der Waals surface area contributed by atoms with Crippen LogP contribution < -0.4 is 15.5 Å². The first kappa shape index (κ1) is 16.3. The molecule has 4 heteroatoms. The monoisotopic (exact) mass is 315 g/mol. The largest absolute Gasteiger partial charge is 0.371 e. The van der Waals surface area contributed by atoms with Crippen LogP contribution in [0.2, 0.25) is 0 Å². The van der Waals surface area contributed by atoms with Crippen molar-refractivity contribution < 1.29 is 4.79 Å². The lowest BCUT2D eigenvalue weighted by Gasteiger charge is -2.22. The molecule has 0 unspecified atom stereocenters. The fraction of sp³-hybridized carbons (Fsp3) is 0.632. The van der Waals surface area contributed by atoms with Crippen LogP contribution in [0.1, 0.15) is 37.7 Å². The van der Waals surface area contributed by atoms with Crippen molar-refractivity contribution in [3.05, 3.63) is 29.8 Å². The third-order valence-corrected chi connectivity index (χ3v) is 5.15. The number of anilines is 1. The molecule has 0 radical (unpaired) electrons. The molecule has 126 valence electrons.